The van der Waals surface area contributed by atoms with Gasteiger partial charge in [-0.3, -0.25) is 9.59 Å². The van der Waals surface area contributed by atoms with Crippen molar-refractivity contribution in [3.8, 4) is 0 Å². The first-order valence-electron chi connectivity index (χ1n) is 10.2. The Bertz CT molecular complexity index is 1020. The number of rotatable bonds is 5. The van der Waals surface area contributed by atoms with Crippen LogP contribution in [0, 0.1) is 19.8 Å². The molecule has 29 heavy (non-hydrogen) atoms. The van der Waals surface area contributed by atoms with Gasteiger partial charge in [-0.05, 0) is 44.2 Å². The molecule has 2 aliphatic rings. The lowest BCUT2D eigenvalue weighted by atomic mass is 9.79. The van der Waals surface area contributed by atoms with Gasteiger partial charge in [-0.25, -0.2) is 4.79 Å². The number of amides is 1. The van der Waals surface area contributed by atoms with Crippen LogP contribution in [0.5, 0.6) is 0 Å². The molecule has 1 saturated heterocycles. The number of carbonyl (C=O) groups is 1. The van der Waals surface area contributed by atoms with Crippen molar-refractivity contribution < 1.29 is 4.79 Å². The summed E-state index contributed by atoms with van der Waals surface area (Å²) >= 11 is 0. The highest BCUT2D eigenvalue weighted by atomic mass is 16.2. The molecule has 2 bridgehead atoms. The van der Waals surface area contributed by atoms with Crippen LogP contribution < -0.4 is 21.9 Å². The van der Waals surface area contributed by atoms with Crippen LogP contribution in [-0.4, -0.2) is 40.1 Å². The predicted octanol–water partition coefficient (Wildman–Crippen LogP) is 0.545. The summed E-state index contributed by atoms with van der Waals surface area (Å²) in [4.78, 5) is 43.1. The Labute approximate surface area is 168 Å². The lowest BCUT2D eigenvalue weighted by Crippen LogP contribution is -2.50. The molecule has 2 aromatic heterocycles. The van der Waals surface area contributed by atoms with Gasteiger partial charge in [0.05, 0.1) is 6.04 Å². The maximum atomic E-state index is 12.6. The zero-order chi connectivity index (χ0) is 20.5. The van der Waals surface area contributed by atoms with E-state index in [1.165, 1.54) is 0 Å². The van der Waals surface area contributed by atoms with E-state index in [9.17, 15) is 14.4 Å². The number of piperidine rings is 1. The number of hydrogen-bond donors (Lipinski definition) is 3. The van der Waals surface area contributed by atoms with Crippen molar-refractivity contribution in [2.24, 2.45) is 5.92 Å². The van der Waals surface area contributed by atoms with Crippen molar-refractivity contribution in [2.45, 2.75) is 45.1 Å². The molecule has 0 radical (unpaired) electrons. The summed E-state index contributed by atoms with van der Waals surface area (Å²) in [6.07, 6.45) is 1.87. The molecule has 1 amide bonds. The standard InChI is InChI=1S/C21H27N5O3/c1-12-16(13(2)25-21(29)24-12)6-7-19(27)23-11-18-15-8-14(9-22-10-15)17-4-3-5-20(28)26(17)18/h3-5,14-15,18,22H,6-11H2,1-2H3,(H,23,27)(H,24,25,29)/t14-,15+,18+/m1/s1. The summed E-state index contributed by atoms with van der Waals surface area (Å²) in [5, 5.41) is 6.49. The number of pyridine rings is 1. The van der Waals surface area contributed by atoms with E-state index >= 15 is 0 Å². The molecule has 8 heteroatoms. The summed E-state index contributed by atoms with van der Waals surface area (Å²) in [6.45, 7) is 5.80. The fraction of sp³-hybridized carbons (Fsp3) is 0.524. The molecule has 0 spiro atoms. The van der Waals surface area contributed by atoms with Gasteiger partial charge in [0.2, 0.25) is 5.91 Å². The van der Waals surface area contributed by atoms with E-state index in [4.69, 9.17) is 0 Å². The Morgan fingerprint density at radius 2 is 2.10 bits per heavy atom. The second-order valence-electron chi connectivity index (χ2n) is 8.11. The van der Waals surface area contributed by atoms with Gasteiger partial charge in [0, 0.05) is 55.1 Å². The second-order valence-corrected chi connectivity index (χ2v) is 8.11. The topological polar surface area (TPSA) is 109 Å². The molecule has 0 unspecified atom stereocenters. The lowest BCUT2D eigenvalue weighted by Gasteiger charge is -2.43. The summed E-state index contributed by atoms with van der Waals surface area (Å²) in [6, 6.07) is 5.41. The van der Waals surface area contributed by atoms with Crippen LogP contribution in [-0.2, 0) is 11.2 Å². The quantitative estimate of drug-likeness (QED) is 0.683. The predicted molar refractivity (Wildman–Crippen MR) is 109 cm³/mol. The molecule has 3 N–H and O–H groups in total. The number of carbonyl (C=O) groups excluding carboxylic acids is 1. The number of nitrogens with one attached hydrogen (secondary N) is 3. The van der Waals surface area contributed by atoms with Crippen molar-refractivity contribution in [1.82, 2.24) is 25.2 Å². The van der Waals surface area contributed by atoms with Gasteiger partial charge < -0.3 is 20.2 Å². The van der Waals surface area contributed by atoms with Crippen LogP contribution in [0.15, 0.2) is 27.8 Å². The molecule has 3 atom stereocenters. The van der Waals surface area contributed by atoms with Crippen LogP contribution in [0.3, 0.4) is 0 Å². The average molecular weight is 397 g/mol. The number of aromatic amines is 1. The monoisotopic (exact) mass is 397 g/mol. The van der Waals surface area contributed by atoms with Crippen LogP contribution in [0.2, 0.25) is 0 Å². The van der Waals surface area contributed by atoms with E-state index in [0.29, 0.717) is 36.9 Å². The Morgan fingerprint density at radius 1 is 1.28 bits per heavy atom. The zero-order valence-corrected chi connectivity index (χ0v) is 16.8. The normalized spacial score (nSPS) is 22.8. The molecular formula is C21H27N5O3. The van der Waals surface area contributed by atoms with Crippen molar-refractivity contribution in [1.29, 1.82) is 0 Å². The second kappa shape index (κ2) is 7.94. The fourth-order valence-corrected chi connectivity index (χ4v) is 4.84. The third-order valence-corrected chi connectivity index (χ3v) is 6.26. The molecule has 154 valence electrons. The number of aryl methyl sites for hydroxylation is 2. The molecule has 4 rings (SSSR count). The first-order chi connectivity index (χ1) is 13.9. The highest BCUT2D eigenvalue weighted by molar-refractivity contribution is 5.76. The van der Waals surface area contributed by atoms with Crippen molar-refractivity contribution >= 4 is 5.91 Å². The molecular weight excluding hydrogens is 370 g/mol. The summed E-state index contributed by atoms with van der Waals surface area (Å²) < 4.78 is 1.89. The number of fused-ring (bicyclic) bond motifs is 4. The zero-order valence-electron chi connectivity index (χ0n) is 16.8. The lowest BCUT2D eigenvalue weighted by molar-refractivity contribution is -0.121. The smallest absolute Gasteiger partial charge is 0.345 e. The first kappa shape index (κ1) is 19.6. The molecule has 0 aromatic carbocycles. The SMILES string of the molecule is Cc1nc(=O)[nH]c(C)c1CCC(=O)NC[C@H]1[C@@H]2CNC[C@@H](C2)c2cccc(=O)n21. The van der Waals surface area contributed by atoms with Crippen LogP contribution in [0.4, 0.5) is 0 Å². The van der Waals surface area contributed by atoms with Gasteiger partial charge in [0.25, 0.3) is 5.56 Å². The Morgan fingerprint density at radius 3 is 2.90 bits per heavy atom. The van der Waals surface area contributed by atoms with E-state index in [1.807, 2.05) is 23.6 Å². The van der Waals surface area contributed by atoms with Crippen LogP contribution >= 0.6 is 0 Å². The minimum Gasteiger partial charge on any atom is -0.354 e. The van der Waals surface area contributed by atoms with Crippen LogP contribution in [0.25, 0.3) is 0 Å². The third-order valence-electron chi connectivity index (χ3n) is 6.26. The van der Waals surface area contributed by atoms with E-state index in [2.05, 4.69) is 20.6 Å². The minimum atomic E-state index is -0.367. The average Bonchev–Trinajstić information content (AvgIpc) is 2.68. The number of H-pyrrole nitrogens is 1. The molecule has 0 saturated carbocycles. The Kier molecular flexibility index (Phi) is 5.36. The van der Waals surface area contributed by atoms with Crippen LogP contribution in [0.1, 0.15) is 47.4 Å². The van der Waals surface area contributed by atoms with Crippen molar-refractivity contribution in [3.05, 3.63) is 61.7 Å². The molecule has 2 aromatic rings. The molecule has 0 aliphatic carbocycles. The van der Waals surface area contributed by atoms with Gasteiger partial charge in [-0.2, -0.15) is 4.98 Å². The number of nitrogens with zero attached hydrogens (tertiary/aromatic N) is 2. The van der Waals surface area contributed by atoms with Gasteiger partial charge >= 0.3 is 5.69 Å². The van der Waals surface area contributed by atoms with E-state index < -0.39 is 0 Å². The fourth-order valence-electron chi connectivity index (χ4n) is 4.84. The van der Waals surface area contributed by atoms with E-state index in [1.54, 1.807) is 13.0 Å². The summed E-state index contributed by atoms with van der Waals surface area (Å²) in [7, 11) is 0. The molecule has 4 heterocycles. The maximum absolute atomic E-state index is 12.6. The largest absolute Gasteiger partial charge is 0.354 e. The van der Waals surface area contributed by atoms with E-state index in [0.717, 1.165) is 36.5 Å². The Hall–Kier alpha value is -2.74. The third kappa shape index (κ3) is 3.89. The highest BCUT2D eigenvalue weighted by Gasteiger charge is 2.37. The Balaban J connectivity index is 1.44. The number of aromatic nitrogens is 3. The van der Waals surface area contributed by atoms with Gasteiger partial charge in [0.15, 0.2) is 0 Å². The number of hydrogen-bond acceptors (Lipinski definition) is 5. The van der Waals surface area contributed by atoms with Gasteiger partial charge in [-0.15, -0.1) is 0 Å². The summed E-state index contributed by atoms with van der Waals surface area (Å²) in [5.41, 5.74) is 3.01. The van der Waals surface area contributed by atoms with Gasteiger partial charge in [-0.1, -0.05) is 6.07 Å². The highest BCUT2D eigenvalue weighted by Crippen LogP contribution is 2.38. The first-order valence-corrected chi connectivity index (χ1v) is 10.2. The van der Waals surface area contributed by atoms with Crippen molar-refractivity contribution in [3.63, 3.8) is 0 Å². The van der Waals surface area contributed by atoms with Gasteiger partial charge in [0.1, 0.15) is 0 Å². The molecule has 8 nitrogen and oxygen atoms in total. The van der Waals surface area contributed by atoms with E-state index in [-0.39, 0.29) is 23.2 Å². The maximum Gasteiger partial charge on any atom is 0.345 e. The minimum absolute atomic E-state index is 0.00362. The summed E-state index contributed by atoms with van der Waals surface area (Å²) in [5.74, 6) is 0.620. The van der Waals surface area contributed by atoms with Crippen molar-refractivity contribution in [2.75, 3.05) is 19.6 Å². The molecule has 1 fully saturated rings. The molecule has 2 aliphatic heterocycles.